The van der Waals surface area contributed by atoms with E-state index in [-0.39, 0.29) is 47.6 Å². The minimum absolute atomic E-state index is 0.0455. The van der Waals surface area contributed by atoms with Gasteiger partial charge in [-0.25, -0.2) is 9.00 Å². The molecule has 17 atom stereocenters. The number of rotatable bonds is 7. The number of hydrogen-bond acceptors (Lipinski definition) is 15. The molecule has 340 valence electrons. The Kier molecular flexibility index (Phi) is 15.2. The zero-order valence-electron chi connectivity index (χ0n) is 37.5. The maximum Gasteiger partial charge on any atom is 0.332 e. The van der Waals surface area contributed by atoms with Crippen LogP contribution in [0.3, 0.4) is 0 Å². The van der Waals surface area contributed by atoms with Crippen LogP contribution in [-0.2, 0) is 48.8 Å². The number of ketones is 1. The summed E-state index contributed by atoms with van der Waals surface area (Å²) in [6, 6.07) is -0.414. The maximum absolute atomic E-state index is 14.6. The van der Waals surface area contributed by atoms with Gasteiger partial charge in [0, 0.05) is 49.8 Å². The Balaban J connectivity index is 1.37. The predicted molar refractivity (Wildman–Crippen MR) is 234 cm³/mol. The molecule has 3 saturated heterocycles. The van der Waals surface area contributed by atoms with Crippen LogP contribution in [-0.4, -0.2) is 160 Å². The largest absolute Gasteiger partial charge is 0.459 e. The second kappa shape index (κ2) is 19.0. The molecule has 2 unspecified atom stereocenters. The van der Waals surface area contributed by atoms with Gasteiger partial charge < -0.3 is 48.6 Å². The highest BCUT2D eigenvalue weighted by Gasteiger charge is 2.56. The van der Waals surface area contributed by atoms with E-state index < -0.39 is 80.9 Å². The normalized spacial score (nSPS) is 46.7. The minimum atomic E-state index is -1.85. The number of ether oxygens (including phenoxy) is 6. The van der Waals surface area contributed by atoms with Gasteiger partial charge in [0.15, 0.2) is 35.4 Å². The SMILES string of the molecule is CO[C@H]1S(=O)C2=CC(=O)[C@](C)(OC3CC[C@H](N(C)C)[C@@H](C)O3)[C@H](O)CC/C(C)=C\[C@@H]3[C@@H](C)[C@](C)(Cl)[C@@H](C[C@H]3O[C@H]3CC[C@H](N(C)C)[C@@H](C)O3)OC(=O)[C@@H]3CSC(=N3)[C@]1(C)N2. The summed E-state index contributed by atoms with van der Waals surface area (Å²) in [4.78, 5) is 36.8. The number of carbonyl (C=O) groups excluding carboxylic acids is 2. The summed E-state index contributed by atoms with van der Waals surface area (Å²) in [5, 5.41) is 16.0. The molecule has 7 aliphatic rings. The number of aliphatic imine (C=N–C) groups is 1. The topological polar surface area (TPSA) is 158 Å². The van der Waals surface area contributed by atoms with Gasteiger partial charge in [0.2, 0.25) is 0 Å². The van der Waals surface area contributed by atoms with Gasteiger partial charge in [0.25, 0.3) is 0 Å². The summed E-state index contributed by atoms with van der Waals surface area (Å²) < 4.78 is 52.4. The van der Waals surface area contributed by atoms with Gasteiger partial charge in [-0.3, -0.25) is 9.79 Å². The quantitative estimate of drug-likeness (QED) is 0.205. The molecule has 6 aliphatic heterocycles. The number of hydrogen-bond donors (Lipinski definition) is 2. The van der Waals surface area contributed by atoms with Crippen LogP contribution in [0.1, 0.15) is 93.4 Å². The van der Waals surface area contributed by atoms with E-state index in [0.29, 0.717) is 36.5 Å². The first-order chi connectivity index (χ1) is 28.1. The van der Waals surface area contributed by atoms with E-state index in [0.717, 1.165) is 18.4 Å². The molecule has 0 aromatic heterocycles. The number of likely N-dealkylation sites (N-methyl/N-ethyl adjacent to an activating group) is 2. The summed E-state index contributed by atoms with van der Waals surface area (Å²) in [6.07, 6.45) is 3.47. The van der Waals surface area contributed by atoms with Crippen molar-refractivity contribution in [2.75, 3.05) is 41.1 Å². The van der Waals surface area contributed by atoms with E-state index in [9.17, 15) is 18.9 Å². The number of aliphatic hydroxyl groups excluding tert-OH is 1. The predicted octanol–water partition coefficient (Wildman–Crippen LogP) is 4.73. The van der Waals surface area contributed by atoms with Crippen molar-refractivity contribution < 1.29 is 47.3 Å². The summed E-state index contributed by atoms with van der Waals surface area (Å²) in [7, 11) is 7.73. The van der Waals surface area contributed by atoms with Crippen LogP contribution in [0.25, 0.3) is 0 Å². The van der Waals surface area contributed by atoms with Gasteiger partial charge in [-0.15, -0.1) is 23.4 Å². The molecule has 4 fully saturated rings. The fourth-order valence-corrected chi connectivity index (χ4v) is 13.0. The Hall–Kier alpha value is -1.44. The molecule has 0 aromatic rings. The van der Waals surface area contributed by atoms with Crippen LogP contribution < -0.4 is 5.32 Å². The van der Waals surface area contributed by atoms with Crippen molar-refractivity contribution in [1.29, 1.82) is 0 Å². The number of aliphatic hydroxyl groups is 1. The molecule has 6 bridgehead atoms. The van der Waals surface area contributed by atoms with Gasteiger partial charge in [-0.2, -0.15) is 0 Å². The fourth-order valence-electron chi connectivity index (χ4n) is 9.92. The van der Waals surface area contributed by atoms with Gasteiger partial charge in [0.1, 0.15) is 27.5 Å². The van der Waals surface area contributed by atoms with Crippen LogP contribution >= 0.6 is 23.4 Å². The lowest BCUT2D eigenvalue weighted by Crippen LogP contribution is -2.56. The van der Waals surface area contributed by atoms with Crippen LogP contribution in [0.5, 0.6) is 0 Å². The Morgan fingerprint density at radius 2 is 1.60 bits per heavy atom. The number of esters is 1. The number of allylic oxidation sites excluding steroid dienone is 1. The summed E-state index contributed by atoms with van der Waals surface area (Å²) >= 11 is 8.80. The van der Waals surface area contributed by atoms with Crippen molar-refractivity contribution in [3.63, 3.8) is 0 Å². The average molecular weight is 902 g/mol. The molecular formula is C43H69ClN4O10S2. The molecule has 60 heavy (non-hydrogen) atoms. The van der Waals surface area contributed by atoms with E-state index in [1.165, 1.54) is 24.9 Å². The smallest absolute Gasteiger partial charge is 0.332 e. The standard InChI is InChI=1S/C43H69ClN4O10S2/c1-23-13-16-32(49)43(7,58-37-18-15-30(48(10)11)26(4)55-37)33(50)21-35-46-42(6,40(53-12)60(35)52)39-45-28(22-59-39)38(51)57-34-20-31(27(19-23)24(2)41(34,5)44)56-36-17-14-29(47(8)9)25(3)54-36/h19,21,24-32,34,36-37,40,46,49H,13-18,20,22H2,1-12H3/b23-19-,35-21?/t24-,25-,26-,27-,28+,29+,30+,31-,32-,34-,36+,37?,40+,41+,42+,43-,60?/m1/s1. The number of halogens is 1. The van der Waals surface area contributed by atoms with Crippen LogP contribution in [0, 0.1) is 11.8 Å². The molecule has 2 N–H and O–H groups in total. The molecular weight excluding hydrogens is 832 g/mol. The van der Waals surface area contributed by atoms with Crippen molar-refractivity contribution in [3.8, 4) is 0 Å². The highest BCUT2D eigenvalue weighted by Crippen LogP contribution is 2.48. The van der Waals surface area contributed by atoms with E-state index in [4.69, 9.17) is 45.0 Å². The lowest BCUT2D eigenvalue weighted by Gasteiger charge is -2.49. The van der Waals surface area contributed by atoms with Gasteiger partial charge in [0.05, 0.1) is 34.3 Å². The summed E-state index contributed by atoms with van der Waals surface area (Å²) in [5.74, 6) is -1.18. The van der Waals surface area contributed by atoms with Crippen LogP contribution in [0.2, 0.25) is 0 Å². The summed E-state index contributed by atoms with van der Waals surface area (Å²) in [6.45, 7) is 13.4. The third-order valence-electron chi connectivity index (χ3n) is 14.0. The first kappa shape index (κ1) is 48.0. The monoisotopic (exact) mass is 900 g/mol. The minimum Gasteiger partial charge on any atom is -0.459 e. The Morgan fingerprint density at radius 3 is 2.20 bits per heavy atom. The second-order valence-electron chi connectivity index (χ2n) is 18.7. The lowest BCUT2D eigenvalue weighted by molar-refractivity contribution is -0.260. The first-order valence-electron chi connectivity index (χ1n) is 21.5. The van der Waals surface area contributed by atoms with Crippen molar-refractivity contribution >= 4 is 51.0 Å². The van der Waals surface area contributed by atoms with E-state index in [1.54, 1.807) is 13.8 Å². The van der Waals surface area contributed by atoms with Crippen LogP contribution in [0.15, 0.2) is 27.7 Å². The summed E-state index contributed by atoms with van der Waals surface area (Å²) in [5.41, 5.74) is -2.90. The highest BCUT2D eigenvalue weighted by molar-refractivity contribution is 8.14. The Bertz CT molecular complexity index is 1710. The average Bonchev–Trinajstić information content (AvgIpc) is 3.77. The number of nitrogens with one attached hydrogen (secondary N) is 1. The zero-order valence-corrected chi connectivity index (χ0v) is 39.9. The molecule has 1 saturated carbocycles. The molecule has 17 heteroatoms. The maximum atomic E-state index is 14.6. The molecule has 14 nitrogen and oxygen atoms in total. The number of methoxy groups -OCH3 is 1. The second-order valence-corrected chi connectivity index (χ2v) is 22.0. The fraction of sp³-hybridized carbons (Fsp3) is 0.837. The molecule has 0 amide bonds. The lowest BCUT2D eigenvalue weighted by atomic mass is 9.69. The number of nitrogens with zero attached hydrogens (tertiary/aromatic N) is 3. The zero-order chi connectivity index (χ0) is 44.1. The van der Waals surface area contributed by atoms with E-state index >= 15 is 0 Å². The van der Waals surface area contributed by atoms with Crippen molar-refractivity contribution in [2.45, 2.75) is 176 Å². The molecule has 0 aromatic carbocycles. The van der Waals surface area contributed by atoms with Crippen molar-refractivity contribution in [2.24, 2.45) is 16.8 Å². The molecule has 0 radical (unpaired) electrons. The van der Waals surface area contributed by atoms with Crippen LogP contribution in [0.4, 0.5) is 0 Å². The van der Waals surface area contributed by atoms with Gasteiger partial charge in [-0.1, -0.05) is 18.6 Å². The van der Waals surface area contributed by atoms with Gasteiger partial charge in [-0.05, 0) is 108 Å². The molecule has 7 rings (SSSR count). The molecule has 6 heterocycles. The number of fused-ring (bicyclic) bond motifs is 9. The third-order valence-corrected chi connectivity index (χ3v) is 17.6. The van der Waals surface area contributed by atoms with Gasteiger partial charge >= 0.3 is 5.97 Å². The number of carbonyl (C=O) groups is 2. The Labute approximate surface area is 368 Å². The number of alkyl halides is 1. The van der Waals surface area contributed by atoms with Crippen molar-refractivity contribution in [3.05, 3.63) is 22.8 Å². The Morgan fingerprint density at radius 1 is 0.983 bits per heavy atom. The van der Waals surface area contributed by atoms with E-state index in [2.05, 4.69) is 49.1 Å². The number of thioether (sulfide) groups is 1. The van der Waals surface area contributed by atoms with Crippen molar-refractivity contribution in [1.82, 2.24) is 15.1 Å². The third kappa shape index (κ3) is 9.64. The highest BCUT2D eigenvalue weighted by atomic mass is 35.5. The first-order valence-corrected chi connectivity index (χ1v) is 24.1. The molecule has 0 spiro atoms. The molecule has 1 aliphatic carbocycles. The van der Waals surface area contributed by atoms with E-state index in [1.807, 2.05) is 34.9 Å².